The molecule has 1 heteroatoms. The van der Waals surface area contributed by atoms with Crippen molar-refractivity contribution >= 4 is 5.78 Å². The van der Waals surface area contributed by atoms with Crippen LogP contribution in [0.3, 0.4) is 0 Å². The Kier molecular flexibility index (Phi) is 5.60. The molecule has 0 bridgehead atoms. The minimum Gasteiger partial charge on any atom is -0.295 e. The lowest BCUT2D eigenvalue weighted by Gasteiger charge is -2.58. The highest BCUT2D eigenvalue weighted by Crippen LogP contribution is 2.67. The average Bonchev–Trinajstić information content (AvgIpc) is 2.99. The third-order valence-corrected chi connectivity index (χ3v) is 10.2. The van der Waals surface area contributed by atoms with Gasteiger partial charge in [-0.2, -0.15) is 0 Å². The number of carbonyl (C=O) groups is 1. The van der Waals surface area contributed by atoms with Crippen molar-refractivity contribution in [2.45, 2.75) is 105 Å². The van der Waals surface area contributed by atoms with E-state index >= 15 is 0 Å². The van der Waals surface area contributed by atoms with Crippen molar-refractivity contribution in [3.05, 3.63) is 11.6 Å². The first-order valence-electron chi connectivity index (χ1n) is 12.5. The Hall–Kier alpha value is -0.590. The zero-order chi connectivity index (χ0) is 20.1. The Balaban J connectivity index is 1.49. The van der Waals surface area contributed by atoms with Crippen molar-refractivity contribution in [3.8, 4) is 0 Å². The quantitative estimate of drug-likeness (QED) is 0.477. The smallest absolute Gasteiger partial charge is 0.155 e. The number of hydrogen-bond acceptors (Lipinski definition) is 1. The van der Waals surface area contributed by atoms with Gasteiger partial charge in [-0.1, -0.05) is 59.5 Å². The van der Waals surface area contributed by atoms with Gasteiger partial charge in [0.25, 0.3) is 0 Å². The molecule has 0 spiro atoms. The first kappa shape index (κ1) is 20.7. The lowest BCUT2D eigenvalue weighted by Crippen LogP contribution is -2.50. The van der Waals surface area contributed by atoms with Crippen LogP contribution < -0.4 is 0 Å². The Morgan fingerprint density at radius 2 is 1.75 bits per heavy atom. The molecule has 3 saturated carbocycles. The molecule has 0 saturated heterocycles. The summed E-state index contributed by atoms with van der Waals surface area (Å²) in [5.74, 6) is 5.79. The maximum atomic E-state index is 12.0. The molecule has 0 aliphatic heterocycles. The lowest BCUT2D eigenvalue weighted by atomic mass is 9.46. The molecule has 0 aromatic rings. The minimum absolute atomic E-state index is 0.332. The van der Waals surface area contributed by atoms with E-state index in [0.717, 1.165) is 48.3 Å². The van der Waals surface area contributed by atoms with Crippen LogP contribution in [-0.4, -0.2) is 5.78 Å². The van der Waals surface area contributed by atoms with Crippen LogP contribution in [0.4, 0.5) is 0 Å². The van der Waals surface area contributed by atoms with Gasteiger partial charge in [-0.05, 0) is 97.4 Å². The Morgan fingerprint density at radius 3 is 2.50 bits per heavy atom. The van der Waals surface area contributed by atoms with E-state index in [-0.39, 0.29) is 0 Å². The van der Waals surface area contributed by atoms with E-state index < -0.39 is 0 Å². The van der Waals surface area contributed by atoms with Gasteiger partial charge in [-0.3, -0.25) is 4.79 Å². The van der Waals surface area contributed by atoms with Gasteiger partial charge >= 0.3 is 0 Å². The van der Waals surface area contributed by atoms with Crippen LogP contribution in [0, 0.1) is 46.3 Å². The van der Waals surface area contributed by atoms with Gasteiger partial charge in [0.05, 0.1) is 0 Å². The monoisotopic (exact) mass is 384 g/mol. The van der Waals surface area contributed by atoms with Crippen LogP contribution in [0.25, 0.3) is 0 Å². The fraction of sp³-hybridized carbons (Fsp3) is 0.889. The summed E-state index contributed by atoms with van der Waals surface area (Å²) in [7, 11) is 0. The molecule has 158 valence electrons. The summed E-state index contributed by atoms with van der Waals surface area (Å²) in [6.07, 6.45) is 16.6. The zero-order valence-corrected chi connectivity index (χ0v) is 19.2. The second-order valence-electron chi connectivity index (χ2n) is 12.0. The van der Waals surface area contributed by atoms with Crippen LogP contribution >= 0.6 is 0 Å². The van der Waals surface area contributed by atoms with Gasteiger partial charge < -0.3 is 0 Å². The first-order chi connectivity index (χ1) is 13.3. The molecule has 7 atom stereocenters. The van der Waals surface area contributed by atoms with E-state index in [2.05, 4.69) is 40.7 Å². The molecule has 0 unspecified atom stereocenters. The number of allylic oxidation sites excluding steroid dienone is 1. The normalized spacial score (nSPS) is 43.9. The summed E-state index contributed by atoms with van der Waals surface area (Å²) < 4.78 is 0. The van der Waals surface area contributed by atoms with Gasteiger partial charge in [-0.15, -0.1) is 0 Å². The summed E-state index contributed by atoms with van der Waals surface area (Å²) in [6, 6.07) is 0. The van der Waals surface area contributed by atoms with Crippen LogP contribution in [0.1, 0.15) is 105 Å². The third kappa shape index (κ3) is 3.33. The highest BCUT2D eigenvalue weighted by atomic mass is 16.1. The summed E-state index contributed by atoms with van der Waals surface area (Å²) in [4.78, 5) is 12.0. The molecule has 0 N–H and O–H groups in total. The van der Waals surface area contributed by atoms with Gasteiger partial charge in [-0.25, -0.2) is 0 Å². The molecule has 3 fully saturated rings. The molecule has 0 aromatic carbocycles. The van der Waals surface area contributed by atoms with Crippen molar-refractivity contribution in [1.29, 1.82) is 0 Å². The minimum atomic E-state index is 0.332. The Bertz CT molecular complexity index is 630. The molecule has 28 heavy (non-hydrogen) atoms. The molecule has 1 nitrogen and oxygen atoms in total. The summed E-state index contributed by atoms with van der Waals surface area (Å²) >= 11 is 0. The maximum absolute atomic E-state index is 12.0. The van der Waals surface area contributed by atoms with Gasteiger partial charge in [0.2, 0.25) is 0 Å². The Labute approximate surface area is 174 Å². The van der Waals surface area contributed by atoms with E-state index in [1.807, 2.05) is 0 Å². The average molecular weight is 385 g/mol. The number of ketones is 1. The van der Waals surface area contributed by atoms with Crippen LogP contribution in [-0.2, 0) is 4.79 Å². The van der Waals surface area contributed by atoms with E-state index in [9.17, 15) is 4.79 Å². The second-order valence-corrected chi connectivity index (χ2v) is 12.0. The molecular formula is C27H44O. The third-order valence-electron chi connectivity index (χ3n) is 10.2. The molecule has 4 aliphatic carbocycles. The zero-order valence-electron chi connectivity index (χ0n) is 19.2. The standard InChI is InChI=1S/C27H44O/c1-18(2)7-6-8-19(3)23-11-12-24-22-10-9-20-17-21(28)13-15-26(20,4)25(22)14-16-27(23,24)5/h17-19,22-25H,6-16H2,1-5H3/t19-,22-,23+,24+,25-,26-,27-/m1/s1. The molecule has 4 aliphatic rings. The lowest BCUT2D eigenvalue weighted by molar-refractivity contribution is -0.117. The SMILES string of the molecule is CC(C)CCC[C@@H](C)[C@@H]1CC[C@H]2[C@H]3CCC4=CC(=O)CC[C@@]4(C)[C@@H]3CC[C@@]21C. The highest BCUT2D eigenvalue weighted by Gasteiger charge is 2.59. The fourth-order valence-corrected chi connectivity index (χ4v) is 8.58. The molecule has 0 radical (unpaired) electrons. The fourth-order valence-electron chi connectivity index (χ4n) is 8.58. The van der Waals surface area contributed by atoms with Gasteiger partial charge in [0.15, 0.2) is 5.78 Å². The van der Waals surface area contributed by atoms with E-state index in [1.165, 1.54) is 63.4 Å². The largest absolute Gasteiger partial charge is 0.295 e. The van der Waals surface area contributed by atoms with Crippen LogP contribution in [0.5, 0.6) is 0 Å². The predicted octanol–water partition coefficient (Wildman–Crippen LogP) is 7.60. The molecule has 0 aromatic heterocycles. The number of carbonyl (C=O) groups excluding carboxylic acids is 1. The van der Waals surface area contributed by atoms with Crippen molar-refractivity contribution in [2.24, 2.45) is 46.3 Å². The van der Waals surface area contributed by atoms with E-state index in [1.54, 1.807) is 0 Å². The summed E-state index contributed by atoms with van der Waals surface area (Å²) in [6.45, 7) is 12.5. The topological polar surface area (TPSA) is 17.1 Å². The van der Waals surface area contributed by atoms with Crippen molar-refractivity contribution < 1.29 is 4.79 Å². The number of fused-ring (bicyclic) bond motifs is 5. The summed E-state index contributed by atoms with van der Waals surface area (Å²) in [5, 5.41) is 0. The highest BCUT2D eigenvalue weighted by molar-refractivity contribution is 5.91. The number of hydrogen-bond donors (Lipinski definition) is 0. The molecule has 0 amide bonds. The first-order valence-corrected chi connectivity index (χ1v) is 12.5. The van der Waals surface area contributed by atoms with Crippen molar-refractivity contribution in [2.75, 3.05) is 0 Å². The summed E-state index contributed by atoms with van der Waals surface area (Å²) in [5.41, 5.74) is 2.43. The van der Waals surface area contributed by atoms with E-state index in [4.69, 9.17) is 0 Å². The second kappa shape index (κ2) is 7.59. The van der Waals surface area contributed by atoms with E-state index in [0.29, 0.717) is 16.6 Å². The van der Waals surface area contributed by atoms with Gasteiger partial charge in [0, 0.05) is 6.42 Å². The molecule has 4 rings (SSSR count). The molecular weight excluding hydrogens is 340 g/mol. The number of rotatable bonds is 5. The van der Waals surface area contributed by atoms with Crippen molar-refractivity contribution in [3.63, 3.8) is 0 Å². The predicted molar refractivity (Wildman–Crippen MR) is 118 cm³/mol. The molecule has 0 heterocycles. The van der Waals surface area contributed by atoms with Crippen LogP contribution in [0.2, 0.25) is 0 Å². The van der Waals surface area contributed by atoms with Crippen molar-refractivity contribution in [1.82, 2.24) is 0 Å². The van der Waals surface area contributed by atoms with Gasteiger partial charge in [0.1, 0.15) is 0 Å². The maximum Gasteiger partial charge on any atom is 0.155 e. The Morgan fingerprint density at radius 1 is 0.964 bits per heavy atom. The van der Waals surface area contributed by atoms with Crippen LogP contribution in [0.15, 0.2) is 11.6 Å².